The number of amides is 1. The summed E-state index contributed by atoms with van der Waals surface area (Å²) in [6.45, 7) is 2.23. The second-order valence-corrected chi connectivity index (χ2v) is 12.4. The molecule has 0 saturated heterocycles. The summed E-state index contributed by atoms with van der Waals surface area (Å²) in [6.07, 6.45) is -0.758. The minimum atomic E-state index is -1.25. The van der Waals surface area contributed by atoms with Crippen molar-refractivity contribution < 1.29 is 9.53 Å². The Morgan fingerprint density at radius 1 is 1.47 bits per heavy atom. The second kappa shape index (κ2) is 5.39. The standard InChI is InChI=1S/C9H10NO2.2CH3.Sn/c1-2-7-4-3-5-8(6-7)12-9(10)11;;;/h2-6H,1H3,(H2,10,11);2*1H3;. The number of hydrogen-bond donors (Lipinski definition) is 1. The van der Waals surface area contributed by atoms with Crippen LogP contribution in [0.25, 0.3) is 0 Å². The average Bonchev–Trinajstić information content (AvgIpc) is 2.16. The predicted molar refractivity (Wildman–Crippen MR) is 62.6 cm³/mol. The van der Waals surface area contributed by atoms with Crippen LogP contribution in [0, 0.1) is 0 Å². The van der Waals surface area contributed by atoms with Gasteiger partial charge in [0.25, 0.3) is 0 Å². The van der Waals surface area contributed by atoms with Gasteiger partial charge in [-0.05, 0) is 0 Å². The molecular formula is C11H16NO2Sn. The number of nitrogens with two attached hydrogens (primary N) is 1. The Bertz CT molecular complexity index is 352. The normalized spacial score (nSPS) is 12.5. The quantitative estimate of drug-likeness (QED) is 0.872. The third-order valence-corrected chi connectivity index (χ3v) is 8.34. The maximum absolute atomic E-state index is 10.6. The number of primary amides is 1. The van der Waals surface area contributed by atoms with Crippen LogP contribution in [0.5, 0.6) is 5.75 Å². The van der Waals surface area contributed by atoms with Crippen LogP contribution in [0.3, 0.4) is 0 Å². The van der Waals surface area contributed by atoms with Gasteiger partial charge in [-0.1, -0.05) is 0 Å². The monoisotopic (exact) mass is 314 g/mol. The van der Waals surface area contributed by atoms with Crippen LogP contribution in [0.15, 0.2) is 24.3 Å². The summed E-state index contributed by atoms with van der Waals surface area (Å²) in [5.74, 6) is 0.538. The molecule has 81 valence electrons. The molecule has 1 aromatic carbocycles. The predicted octanol–water partition coefficient (Wildman–Crippen LogP) is 2.54. The van der Waals surface area contributed by atoms with Crippen molar-refractivity contribution >= 4 is 25.9 Å². The number of benzene rings is 1. The van der Waals surface area contributed by atoms with E-state index in [1.54, 1.807) is 6.07 Å². The van der Waals surface area contributed by atoms with Crippen LogP contribution in [-0.2, 0) is 0 Å². The summed E-state index contributed by atoms with van der Waals surface area (Å²) in [7, 11) is 0. The fraction of sp³-hybridized carbons (Fsp3) is 0.364. The molecule has 1 radical (unpaired) electrons. The third kappa shape index (κ3) is 3.74. The number of rotatable bonds is 3. The van der Waals surface area contributed by atoms with Crippen molar-refractivity contribution in [3.05, 3.63) is 29.8 Å². The van der Waals surface area contributed by atoms with Crippen molar-refractivity contribution in [3.8, 4) is 5.75 Å². The van der Waals surface area contributed by atoms with E-state index in [9.17, 15) is 4.79 Å². The zero-order valence-electron chi connectivity index (χ0n) is 9.28. The van der Waals surface area contributed by atoms with Crippen molar-refractivity contribution in [1.82, 2.24) is 0 Å². The molecule has 0 bridgehead atoms. The van der Waals surface area contributed by atoms with Gasteiger partial charge in [-0.15, -0.1) is 0 Å². The van der Waals surface area contributed by atoms with Gasteiger partial charge in [0.1, 0.15) is 0 Å². The molecule has 0 fully saturated rings. The number of hydrogen-bond acceptors (Lipinski definition) is 2. The first-order valence-electron chi connectivity index (χ1n) is 4.88. The Labute approximate surface area is 97.4 Å². The topological polar surface area (TPSA) is 52.3 Å². The van der Waals surface area contributed by atoms with Gasteiger partial charge < -0.3 is 0 Å². The summed E-state index contributed by atoms with van der Waals surface area (Å²) in [4.78, 5) is 15.3. The van der Waals surface area contributed by atoms with E-state index in [2.05, 4.69) is 22.9 Å². The van der Waals surface area contributed by atoms with E-state index in [0.29, 0.717) is 9.68 Å². The van der Waals surface area contributed by atoms with Crippen molar-refractivity contribution in [2.75, 3.05) is 0 Å². The molecule has 1 amide bonds. The van der Waals surface area contributed by atoms with E-state index >= 15 is 0 Å². The minimum absolute atomic E-state index is 0.538. The zero-order valence-corrected chi connectivity index (χ0v) is 12.1. The number of carbonyl (C=O) groups excluding carboxylic acids is 1. The van der Waals surface area contributed by atoms with Crippen LogP contribution in [-0.4, -0.2) is 25.9 Å². The summed E-state index contributed by atoms with van der Waals surface area (Å²) in [5, 5.41) is 0. The zero-order chi connectivity index (χ0) is 11.4. The van der Waals surface area contributed by atoms with Crippen LogP contribution in [0.2, 0.25) is 9.88 Å². The third-order valence-electron chi connectivity index (χ3n) is 2.44. The molecule has 1 unspecified atom stereocenters. The molecule has 0 aromatic heterocycles. The second-order valence-electron chi connectivity index (χ2n) is 3.79. The van der Waals surface area contributed by atoms with Gasteiger partial charge in [0.15, 0.2) is 0 Å². The summed E-state index contributed by atoms with van der Waals surface area (Å²) in [5.41, 5.74) is 6.21. The van der Waals surface area contributed by atoms with Crippen LogP contribution < -0.4 is 10.5 Å². The Balaban J connectivity index is 2.87. The first-order valence-corrected chi connectivity index (χ1v) is 12.2. The number of ether oxygens (including phenoxy) is 1. The Hall–Kier alpha value is -0.711. The molecule has 4 heteroatoms. The maximum atomic E-state index is 10.6. The first-order chi connectivity index (χ1) is 7.00. The van der Waals surface area contributed by atoms with Gasteiger partial charge in [0.2, 0.25) is 0 Å². The molecule has 0 aliphatic heterocycles. The van der Waals surface area contributed by atoms with Gasteiger partial charge in [-0.2, -0.15) is 0 Å². The molecule has 2 N–H and O–H groups in total. The van der Waals surface area contributed by atoms with Crippen LogP contribution in [0.1, 0.15) is 16.4 Å². The van der Waals surface area contributed by atoms with E-state index in [-0.39, 0.29) is 0 Å². The van der Waals surface area contributed by atoms with Crippen molar-refractivity contribution in [1.29, 1.82) is 0 Å². The van der Waals surface area contributed by atoms with E-state index in [0.717, 1.165) is 0 Å². The summed E-state index contributed by atoms with van der Waals surface area (Å²) >= 11 is -1.25. The summed E-state index contributed by atoms with van der Waals surface area (Å²) < 4.78 is 5.47. The van der Waals surface area contributed by atoms with Crippen molar-refractivity contribution in [2.45, 2.75) is 20.7 Å². The first kappa shape index (κ1) is 12.4. The van der Waals surface area contributed by atoms with Crippen molar-refractivity contribution in [3.63, 3.8) is 0 Å². The molecule has 3 nitrogen and oxygen atoms in total. The molecule has 1 rings (SSSR count). The molecule has 0 aliphatic rings. The molecule has 0 aliphatic carbocycles. The SMILES string of the molecule is C[CH](c1cccc(OC(N)=O)c1)[Sn]([CH3])[CH3]. The number of carbonyl (C=O) groups is 1. The molecule has 0 heterocycles. The molecule has 15 heavy (non-hydrogen) atoms. The Kier molecular flexibility index (Phi) is 4.44. The molecular weight excluding hydrogens is 297 g/mol. The fourth-order valence-corrected chi connectivity index (χ4v) is 3.71. The summed E-state index contributed by atoms with van der Waals surface area (Å²) in [6, 6.07) is 7.63. The van der Waals surface area contributed by atoms with Gasteiger partial charge >= 0.3 is 97.4 Å². The fourth-order valence-electron chi connectivity index (χ4n) is 1.30. The molecule has 1 aromatic rings. The molecule has 0 saturated carbocycles. The van der Waals surface area contributed by atoms with E-state index < -0.39 is 25.9 Å². The average molecular weight is 313 g/mol. The molecule has 0 spiro atoms. The molecule has 1 atom stereocenters. The Morgan fingerprint density at radius 2 is 2.13 bits per heavy atom. The van der Waals surface area contributed by atoms with Gasteiger partial charge in [0.05, 0.1) is 0 Å². The Morgan fingerprint density at radius 3 is 2.67 bits per heavy atom. The van der Waals surface area contributed by atoms with Gasteiger partial charge in [-0.25, -0.2) is 0 Å². The van der Waals surface area contributed by atoms with E-state index in [1.165, 1.54) is 5.56 Å². The van der Waals surface area contributed by atoms with E-state index in [4.69, 9.17) is 10.5 Å². The van der Waals surface area contributed by atoms with Crippen LogP contribution in [0.4, 0.5) is 4.79 Å². The van der Waals surface area contributed by atoms with Crippen molar-refractivity contribution in [2.24, 2.45) is 5.73 Å². The van der Waals surface area contributed by atoms with Gasteiger partial charge in [-0.3, -0.25) is 0 Å². The van der Waals surface area contributed by atoms with E-state index in [1.807, 2.05) is 12.1 Å². The van der Waals surface area contributed by atoms with Gasteiger partial charge in [0, 0.05) is 0 Å². The van der Waals surface area contributed by atoms with Crippen LogP contribution >= 0.6 is 0 Å².